The van der Waals surface area contributed by atoms with E-state index in [1.807, 2.05) is 0 Å². The van der Waals surface area contributed by atoms with E-state index in [-0.39, 0.29) is 17.0 Å². The number of aromatic nitrogens is 2. The second kappa shape index (κ2) is 7.69. The van der Waals surface area contributed by atoms with Crippen molar-refractivity contribution in [2.24, 2.45) is 0 Å². The van der Waals surface area contributed by atoms with Gasteiger partial charge in [-0.3, -0.25) is 9.78 Å². The second-order valence-electron chi connectivity index (χ2n) is 5.74. The number of ether oxygens (including phenoxy) is 1. The lowest BCUT2D eigenvalue weighted by Crippen LogP contribution is -2.27. The highest BCUT2D eigenvalue weighted by Crippen LogP contribution is 2.30. The number of pyridine rings is 1. The molecule has 0 saturated heterocycles. The maximum atomic E-state index is 12.3. The van der Waals surface area contributed by atoms with Gasteiger partial charge in [-0.05, 0) is 43.3 Å². The number of rotatable bonds is 6. The number of hydrogen-bond donors (Lipinski definition) is 2. The van der Waals surface area contributed by atoms with Gasteiger partial charge >= 0.3 is 5.97 Å². The van der Waals surface area contributed by atoms with Gasteiger partial charge in [0.1, 0.15) is 17.0 Å². The molecule has 0 bridgehead atoms. The van der Waals surface area contributed by atoms with Gasteiger partial charge < -0.3 is 19.7 Å². The van der Waals surface area contributed by atoms with Crippen molar-refractivity contribution >= 4 is 11.9 Å². The van der Waals surface area contributed by atoms with Crippen LogP contribution in [0.15, 0.2) is 53.3 Å². The Kier molecular flexibility index (Phi) is 5.16. The highest BCUT2D eigenvalue weighted by Gasteiger charge is 2.28. The van der Waals surface area contributed by atoms with Crippen molar-refractivity contribution in [2.45, 2.75) is 13.0 Å². The summed E-state index contributed by atoms with van der Waals surface area (Å²) in [5.41, 5.74) is 1.01. The smallest absolute Gasteiger partial charge is 0.341 e. The molecular formula is C19H17N3O5. The SMILES string of the molecule is COc1ccc(-c2noc(C(C)NC(=O)c3cccnc3)c2C(=O)O)cc1. The Morgan fingerprint density at radius 3 is 2.56 bits per heavy atom. The van der Waals surface area contributed by atoms with E-state index in [2.05, 4.69) is 15.5 Å². The number of carboxylic acid groups (broad SMARTS) is 1. The third kappa shape index (κ3) is 3.79. The first-order chi connectivity index (χ1) is 13.0. The standard InChI is InChI=1S/C19H17N3O5/c1-11(21-18(23)13-4-3-9-20-10-13)17-15(19(24)25)16(22-27-17)12-5-7-14(26-2)8-6-12/h3-11H,1-2H3,(H,21,23)(H,24,25). The van der Waals surface area contributed by atoms with Crippen LogP contribution < -0.4 is 10.1 Å². The lowest BCUT2D eigenvalue weighted by molar-refractivity contribution is 0.0692. The second-order valence-corrected chi connectivity index (χ2v) is 5.74. The van der Waals surface area contributed by atoms with Crippen molar-refractivity contribution in [3.8, 4) is 17.0 Å². The summed E-state index contributed by atoms with van der Waals surface area (Å²) in [5.74, 6) is -0.893. The van der Waals surface area contributed by atoms with Gasteiger partial charge in [-0.2, -0.15) is 0 Å². The van der Waals surface area contributed by atoms with Gasteiger partial charge in [0, 0.05) is 18.0 Å². The van der Waals surface area contributed by atoms with Gasteiger partial charge in [0.2, 0.25) is 0 Å². The number of carbonyl (C=O) groups is 2. The number of aromatic carboxylic acids is 1. The van der Waals surface area contributed by atoms with Crippen LogP contribution in [0.1, 0.15) is 39.4 Å². The summed E-state index contributed by atoms with van der Waals surface area (Å²) in [5, 5.41) is 16.2. The summed E-state index contributed by atoms with van der Waals surface area (Å²) in [7, 11) is 1.54. The number of methoxy groups -OCH3 is 1. The minimum Gasteiger partial charge on any atom is -0.497 e. The van der Waals surface area contributed by atoms with Crippen LogP contribution in [0.5, 0.6) is 5.75 Å². The van der Waals surface area contributed by atoms with Crippen LogP contribution >= 0.6 is 0 Å². The van der Waals surface area contributed by atoms with Crippen molar-refractivity contribution < 1.29 is 24.0 Å². The summed E-state index contributed by atoms with van der Waals surface area (Å²) in [6.45, 7) is 1.62. The molecule has 1 amide bonds. The molecule has 0 aliphatic carbocycles. The molecule has 3 aromatic rings. The predicted molar refractivity (Wildman–Crippen MR) is 95.6 cm³/mol. The largest absolute Gasteiger partial charge is 0.497 e. The van der Waals surface area contributed by atoms with Crippen molar-refractivity contribution in [2.75, 3.05) is 7.11 Å². The lowest BCUT2D eigenvalue weighted by Gasteiger charge is -2.11. The minimum absolute atomic E-state index is 0.0607. The molecular weight excluding hydrogens is 350 g/mol. The van der Waals surface area contributed by atoms with Crippen LogP contribution in [-0.2, 0) is 0 Å². The van der Waals surface area contributed by atoms with E-state index in [1.54, 1.807) is 56.6 Å². The Morgan fingerprint density at radius 1 is 1.22 bits per heavy atom. The van der Waals surface area contributed by atoms with E-state index in [1.165, 1.54) is 6.20 Å². The number of carboxylic acids is 1. The summed E-state index contributed by atoms with van der Waals surface area (Å²) in [4.78, 5) is 28.0. The number of hydrogen-bond acceptors (Lipinski definition) is 6. The molecule has 0 spiro atoms. The maximum Gasteiger partial charge on any atom is 0.341 e. The van der Waals surface area contributed by atoms with Gasteiger partial charge in [0.25, 0.3) is 5.91 Å². The first kappa shape index (κ1) is 18.1. The molecule has 0 fully saturated rings. The molecule has 1 aromatic carbocycles. The normalized spacial score (nSPS) is 11.6. The van der Waals surface area contributed by atoms with E-state index in [0.717, 1.165) is 0 Å². The Labute approximate surface area is 154 Å². The van der Waals surface area contributed by atoms with Crippen molar-refractivity contribution in [1.29, 1.82) is 0 Å². The average molecular weight is 367 g/mol. The van der Waals surface area contributed by atoms with Gasteiger partial charge in [-0.15, -0.1) is 0 Å². The fraction of sp³-hybridized carbons (Fsp3) is 0.158. The van der Waals surface area contributed by atoms with Gasteiger partial charge in [0.05, 0.1) is 18.7 Å². The first-order valence-electron chi connectivity index (χ1n) is 8.09. The maximum absolute atomic E-state index is 12.3. The van der Waals surface area contributed by atoms with Crippen molar-refractivity contribution in [1.82, 2.24) is 15.5 Å². The summed E-state index contributed by atoms with van der Waals surface area (Å²) in [6.07, 6.45) is 2.98. The Morgan fingerprint density at radius 2 is 1.96 bits per heavy atom. The number of carbonyl (C=O) groups excluding carboxylic acids is 1. The van der Waals surface area contributed by atoms with Gasteiger partial charge in [-0.1, -0.05) is 5.16 Å². The predicted octanol–water partition coefficient (Wildman–Crippen LogP) is 2.93. The van der Waals surface area contributed by atoms with Crippen LogP contribution in [0.25, 0.3) is 11.3 Å². The molecule has 2 N–H and O–H groups in total. The monoisotopic (exact) mass is 367 g/mol. The quantitative estimate of drug-likeness (QED) is 0.688. The molecule has 8 nitrogen and oxygen atoms in total. The zero-order valence-corrected chi connectivity index (χ0v) is 14.7. The topological polar surface area (TPSA) is 115 Å². The fourth-order valence-corrected chi connectivity index (χ4v) is 2.59. The Bertz CT molecular complexity index is 951. The molecule has 27 heavy (non-hydrogen) atoms. The van der Waals surface area contributed by atoms with Crippen molar-refractivity contribution in [3.05, 3.63) is 65.7 Å². The fourth-order valence-electron chi connectivity index (χ4n) is 2.59. The van der Waals surface area contributed by atoms with Crippen molar-refractivity contribution in [3.63, 3.8) is 0 Å². The van der Waals surface area contributed by atoms with Crippen LogP contribution in [0.4, 0.5) is 0 Å². The molecule has 1 unspecified atom stereocenters. The number of nitrogens with zero attached hydrogens (tertiary/aromatic N) is 2. The molecule has 0 aliphatic rings. The minimum atomic E-state index is -1.19. The van der Waals surface area contributed by atoms with Crippen LogP contribution in [-0.4, -0.2) is 34.2 Å². The van der Waals surface area contributed by atoms with E-state index in [4.69, 9.17) is 9.26 Å². The third-order valence-electron chi connectivity index (χ3n) is 3.96. The number of nitrogens with one attached hydrogen (secondary N) is 1. The molecule has 0 saturated carbocycles. The van der Waals surface area contributed by atoms with E-state index < -0.39 is 17.9 Å². The van der Waals surface area contributed by atoms with Gasteiger partial charge in [0.15, 0.2) is 5.76 Å². The van der Waals surface area contributed by atoms with Gasteiger partial charge in [-0.25, -0.2) is 4.79 Å². The summed E-state index contributed by atoms with van der Waals surface area (Å²) < 4.78 is 10.4. The first-order valence-corrected chi connectivity index (χ1v) is 8.09. The summed E-state index contributed by atoms with van der Waals surface area (Å²) in [6, 6.07) is 9.31. The van der Waals surface area contributed by atoms with E-state index in [9.17, 15) is 14.7 Å². The lowest BCUT2D eigenvalue weighted by atomic mass is 10.0. The van der Waals surface area contributed by atoms with E-state index in [0.29, 0.717) is 16.9 Å². The van der Waals surface area contributed by atoms with Crippen LogP contribution in [0.3, 0.4) is 0 Å². The van der Waals surface area contributed by atoms with Crippen LogP contribution in [0, 0.1) is 0 Å². The zero-order valence-electron chi connectivity index (χ0n) is 14.7. The zero-order chi connectivity index (χ0) is 19.4. The molecule has 0 radical (unpaired) electrons. The van der Waals surface area contributed by atoms with E-state index >= 15 is 0 Å². The molecule has 0 aliphatic heterocycles. The molecule has 2 aromatic heterocycles. The molecule has 1 atom stereocenters. The molecule has 138 valence electrons. The molecule has 2 heterocycles. The Balaban J connectivity index is 1.90. The molecule has 8 heteroatoms. The number of benzene rings is 1. The number of amides is 1. The highest BCUT2D eigenvalue weighted by molar-refractivity contribution is 5.97. The highest BCUT2D eigenvalue weighted by atomic mass is 16.5. The third-order valence-corrected chi connectivity index (χ3v) is 3.96. The Hall–Kier alpha value is -3.68. The van der Waals surface area contributed by atoms with Crippen LogP contribution in [0.2, 0.25) is 0 Å². The molecule has 3 rings (SSSR count). The summed E-state index contributed by atoms with van der Waals surface area (Å²) >= 11 is 0. The average Bonchev–Trinajstić information content (AvgIpc) is 3.14.